The zero-order valence-corrected chi connectivity index (χ0v) is 32.8. The molecule has 0 aliphatic rings. The van der Waals surface area contributed by atoms with Crippen LogP contribution in [0.4, 0.5) is 0 Å². The first-order valence-electron chi connectivity index (χ1n) is 19.6. The summed E-state index contributed by atoms with van der Waals surface area (Å²) >= 11 is 0. The quantitative estimate of drug-likeness (QED) is 0.124. The second kappa shape index (κ2) is 21.1. The molecule has 5 aromatic carbocycles. The van der Waals surface area contributed by atoms with Gasteiger partial charge in [0.2, 0.25) is 0 Å². The Labute approximate surface area is 326 Å². The van der Waals surface area contributed by atoms with Crippen molar-refractivity contribution in [2.24, 2.45) is 0 Å². The Morgan fingerprint density at radius 1 is 0.491 bits per heavy atom. The summed E-state index contributed by atoms with van der Waals surface area (Å²) in [6.07, 6.45) is 12.7. The van der Waals surface area contributed by atoms with Crippen molar-refractivity contribution in [3.05, 3.63) is 180 Å². The number of carbonyl (C=O) groups is 2. The summed E-state index contributed by atoms with van der Waals surface area (Å²) in [6.45, 7) is 7.71. The summed E-state index contributed by atoms with van der Waals surface area (Å²) in [6, 6.07) is 46.2. The van der Waals surface area contributed by atoms with E-state index in [1.165, 1.54) is 56.9 Å². The third kappa shape index (κ3) is 11.8. The van der Waals surface area contributed by atoms with E-state index in [1.54, 1.807) is 13.8 Å². The summed E-state index contributed by atoms with van der Waals surface area (Å²) in [5, 5.41) is 3.80. The second-order valence-corrected chi connectivity index (χ2v) is 14.0. The highest BCUT2D eigenvalue weighted by Crippen LogP contribution is 2.27. The Hall–Kier alpha value is -5.94. The standard InChI is InChI=1S/C15H16.C13H15NO.C11H11NO.C11H13N/c1-2-15(13-9-5-3-6-10-13)14-11-7-4-8-12-14;1-10(15)5-4-6-11-9-14-13-8-3-2-7-12(11)13;1-8(13)6-9-7-12-11-5-3-2-4-10(9)11;1-2-5-9-8-12-11-7-4-3-6-10(9)11/h3-12,15H,2H2,1H3;2-3,7-9,14H,4-6H2,1H3;2-5,7,12H,6H2,1H3;3-4,6-8,12H,2,5H2,1H3. The number of aromatic amines is 3. The van der Waals surface area contributed by atoms with Crippen LogP contribution in [-0.2, 0) is 28.9 Å². The van der Waals surface area contributed by atoms with E-state index >= 15 is 0 Å². The van der Waals surface area contributed by atoms with Crippen LogP contribution in [0.1, 0.15) is 87.1 Å². The van der Waals surface area contributed by atoms with Crippen molar-refractivity contribution in [1.29, 1.82) is 0 Å². The molecule has 0 amide bonds. The summed E-state index contributed by atoms with van der Waals surface area (Å²) in [7, 11) is 0. The number of hydrogen-bond donors (Lipinski definition) is 3. The molecule has 282 valence electrons. The fourth-order valence-corrected chi connectivity index (χ4v) is 7.05. The lowest BCUT2D eigenvalue weighted by atomic mass is 9.89. The van der Waals surface area contributed by atoms with Gasteiger partial charge in [0.1, 0.15) is 11.6 Å². The fraction of sp³-hybridized carbons (Fsp3) is 0.240. The van der Waals surface area contributed by atoms with Crippen molar-refractivity contribution in [2.75, 3.05) is 0 Å². The SMILES string of the molecule is CC(=O)CCCc1c[nH]c2ccccc12.CC(=O)Cc1c[nH]c2ccccc12.CCC(c1ccccc1)c1ccccc1.CCCc1c[nH]c2ccccc12. The van der Waals surface area contributed by atoms with E-state index in [0.29, 0.717) is 18.8 Å². The van der Waals surface area contributed by atoms with Crippen LogP contribution in [0, 0.1) is 0 Å². The molecule has 0 spiro atoms. The van der Waals surface area contributed by atoms with Crippen molar-refractivity contribution in [1.82, 2.24) is 15.0 Å². The zero-order valence-electron chi connectivity index (χ0n) is 32.8. The van der Waals surface area contributed by atoms with E-state index in [9.17, 15) is 9.59 Å². The molecule has 0 radical (unpaired) electrons. The molecular weight excluding hydrogens is 675 g/mol. The third-order valence-corrected chi connectivity index (χ3v) is 9.77. The largest absolute Gasteiger partial charge is 0.361 e. The van der Waals surface area contributed by atoms with Crippen LogP contribution in [0.2, 0.25) is 0 Å². The molecule has 3 heterocycles. The van der Waals surface area contributed by atoms with Crippen LogP contribution in [0.25, 0.3) is 32.7 Å². The molecule has 55 heavy (non-hydrogen) atoms. The molecule has 0 unspecified atom stereocenters. The molecule has 0 saturated heterocycles. The summed E-state index contributed by atoms with van der Waals surface area (Å²) < 4.78 is 0. The molecule has 0 fully saturated rings. The number of hydrogen-bond acceptors (Lipinski definition) is 2. The lowest BCUT2D eigenvalue weighted by Crippen LogP contribution is -1.98. The number of H-pyrrole nitrogens is 3. The summed E-state index contributed by atoms with van der Waals surface area (Å²) in [4.78, 5) is 31.4. The second-order valence-electron chi connectivity index (χ2n) is 14.0. The molecule has 5 nitrogen and oxygen atoms in total. The average Bonchev–Trinajstić information content (AvgIpc) is 3.94. The van der Waals surface area contributed by atoms with Crippen LogP contribution in [0.15, 0.2) is 152 Å². The van der Waals surface area contributed by atoms with Gasteiger partial charge in [0.25, 0.3) is 0 Å². The number of aromatic nitrogens is 3. The minimum absolute atomic E-state index is 0.199. The molecule has 3 N–H and O–H groups in total. The predicted molar refractivity (Wildman–Crippen MR) is 232 cm³/mol. The minimum Gasteiger partial charge on any atom is -0.361 e. The number of ketones is 2. The number of rotatable bonds is 11. The molecule has 8 aromatic rings. The van der Waals surface area contributed by atoms with Crippen LogP contribution in [-0.4, -0.2) is 26.5 Å². The highest BCUT2D eigenvalue weighted by atomic mass is 16.1. The molecule has 0 aliphatic carbocycles. The number of fused-ring (bicyclic) bond motifs is 3. The molecule has 0 atom stereocenters. The van der Waals surface area contributed by atoms with E-state index < -0.39 is 0 Å². The molecule has 8 rings (SSSR count). The van der Waals surface area contributed by atoms with Gasteiger partial charge in [-0.05, 0) is 85.5 Å². The van der Waals surface area contributed by atoms with Crippen LogP contribution < -0.4 is 0 Å². The average molecular weight is 730 g/mol. The van der Waals surface area contributed by atoms with Gasteiger partial charge in [-0.3, -0.25) is 4.79 Å². The van der Waals surface area contributed by atoms with E-state index in [-0.39, 0.29) is 11.6 Å². The third-order valence-electron chi connectivity index (χ3n) is 9.77. The summed E-state index contributed by atoms with van der Waals surface area (Å²) in [5.41, 5.74) is 10.2. The minimum atomic E-state index is 0.199. The maximum Gasteiger partial charge on any atom is 0.134 e. The first-order chi connectivity index (χ1) is 26.9. The lowest BCUT2D eigenvalue weighted by molar-refractivity contribution is -0.117. The van der Waals surface area contributed by atoms with Crippen molar-refractivity contribution >= 4 is 44.3 Å². The van der Waals surface area contributed by atoms with Crippen LogP contribution >= 0.6 is 0 Å². The highest BCUT2D eigenvalue weighted by Gasteiger charge is 2.10. The van der Waals surface area contributed by atoms with Crippen LogP contribution in [0.5, 0.6) is 0 Å². The number of benzene rings is 5. The predicted octanol–water partition coefficient (Wildman–Crippen LogP) is 12.7. The van der Waals surface area contributed by atoms with Crippen molar-refractivity contribution in [3.63, 3.8) is 0 Å². The van der Waals surface area contributed by atoms with E-state index in [2.05, 4.69) is 132 Å². The fourth-order valence-electron chi connectivity index (χ4n) is 7.05. The van der Waals surface area contributed by atoms with Gasteiger partial charge in [-0.1, -0.05) is 136 Å². The Balaban J connectivity index is 0.000000141. The summed E-state index contributed by atoms with van der Waals surface area (Å²) in [5.74, 6) is 1.01. The van der Waals surface area contributed by atoms with E-state index in [0.717, 1.165) is 35.7 Å². The molecule has 0 aliphatic heterocycles. The van der Waals surface area contributed by atoms with Gasteiger partial charge in [0.05, 0.1) is 0 Å². The van der Waals surface area contributed by atoms with Gasteiger partial charge >= 0.3 is 0 Å². The van der Waals surface area contributed by atoms with Gasteiger partial charge in [0.15, 0.2) is 0 Å². The first kappa shape index (κ1) is 40.2. The molecular formula is C50H55N3O2. The van der Waals surface area contributed by atoms with Crippen molar-refractivity contribution < 1.29 is 9.59 Å². The van der Waals surface area contributed by atoms with Gasteiger partial charge < -0.3 is 19.7 Å². The number of aryl methyl sites for hydroxylation is 2. The van der Waals surface area contributed by atoms with Crippen LogP contribution in [0.3, 0.4) is 0 Å². The number of para-hydroxylation sites is 3. The van der Waals surface area contributed by atoms with Gasteiger partial charge in [-0.15, -0.1) is 0 Å². The first-order valence-corrected chi connectivity index (χ1v) is 19.6. The Bertz CT molecular complexity index is 2310. The van der Waals surface area contributed by atoms with E-state index in [1.807, 2.05) is 48.8 Å². The van der Waals surface area contributed by atoms with E-state index in [4.69, 9.17) is 0 Å². The van der Waals surface area contributed by atoms with Gasteiger partial charge in [-0.25, -0.2) is 0 Å². The Morgan fingerprint density at radius 3 is 1.31 bits per heavy atom. The van der Waals surface area contributed by atoms with Gasteiger partial charge in [0, 0.05) is 70.1 Å². The zero-order chi connectivity index (χ0) is 38.8. The maximum atomic E-state index is 10.9. The normalized spacial score (nSPS) is 10.6. The molecule has 5 heteroatoms. The van der Waals surface area contributed by atoms with Gasteiger partial charge in [-0.2, -0.15) is 0 Å². The Kier molecular flexibility index (Phi) is 15.4. The smallest absolute Gasteiger partial charge is 0.134 e. The van der Waals surface area contributed by atoms with Crippen molar-refractivity contribution in [2.45, 2.75) is 78.6 Å². The maximum absolute atomic E-state index is 10.9. The highest BCUT2D eigenvalue weighted by molar-refractivity contribution is 5.89. The number of carbonyl (C=O) groups excluding carboxylic acids is 2. The molecule has 3 aromatic heterocycles. The monoisotopic (exact) mass is 729 g/mol. The molecule has 0 saturated carbocycles. The van der Waals surface area contributed by atoms with Crippen molar-refractivity contribution in [3.8, 4) is 0 Å². The Morgan fingerprint density at radius 2 is 0.891 bits per heavy atom. The molecule has 0 bridgehead atoms. The topological polar surface area (TPSA) is 81.5 Å². The lowest BCUT2D eigenvalue weighted by Gasteiger charge is -2.15. The number of nitrogens with one attached hydrogen (secondary N) is 3. The number of Topliss-reactive ketones (excluding diaryl/α,β-unsaturated/α-hetero) is 2.